The Kier molecular flexibility index (Phi) is 5.42. The van der Waals surface area contributed by atoms with E-state index in [1.54, 1.807) is 6.07 Å². The van der Waals surface area contributed by atoms with Crippen molar-refractivity contribution in [2.75, 3.05) is 19.6 Å². The first kappa shape index (κ1) is 19.3. The maximum atomic E-state index is 13.6. The maximum Gasteiger partial charge on any atom is 0.318 e. The molecular formula is C21H24FN5O2. The van der Waals surface area contributed by atoms with Gasteiger partial charge in [0.1, 0.15) is 17.7 Å². The lowest BCUT2D eigenvalue weighted by Crippen LogP contribution is -2.55. The molecule has 0 saturated carbocycles. The van der Waals surface area contributed by atoms with Gasteiger partial charge < -0.3 is 15.5 Å². The Morgan fingerprint density at radius 2 is 2.21 bits per heavy atom. The molecule has 2 N–H and O–H groups in total. The van der Waals surface area contributed by atoms with Crippen LogP contribution < -0.4 is 10.6 Å². The summed E-state index contributed by atoms with van der Waals surface area (Å²) in [6.07, 6.45) is 3.65. The zero-order valence-electron chi connectivity index (χ0n) is 16.4. The average Bonchev–Trinajstić information content (AvgIpc) is 3.17. The van der Waals surface area contributed by atoms with Gasteiger partial charge in [-0.3, -0.25) is 4.79 Å². The van der Waals surface area contributed by atoms with E-state index in [0.29, 0.717) is 31.6 Å². The zero-order valence-corrected chi connectivity index (χ0v) is 16.4. The van der Waals surface area contributed by atoms with E-state index >= 15 is 0 Å². The smallest absolute Gasteiger partial charge is 0.318 e. The van der Waals surface area contributed by atoms with Crippen LogP contribution in [-0.4, -0.2) is 46.4 Å². The molecule has 29 heavy (non-hydrogen) atoms. The number of nitrogens with one attached hydrogen (secondary N) is 2. The van der Waals surface area contributed by atoms with Crippen LogP contribution in [-0.2, 0) is 24.1 Å². The van der Waals surface area contributed by atoms with Gasteiger partial charge in [-0.25, -0.2) is 19.2 Å². The molecule has 8 heteroatoms. The zero-order chi connectivity index (χ0) is 20.4. The third-order valence-electron chi connectivity index (χ3n) is 5.45. The molecule has 7 nitrogen and oxygen atoms in total. The molecule has 2 heterocycles. The summed E-state index contributed by atoms with van der Waals surface area (Å²) >= 11 is 0. The van der Waals surface area contributed by atoms with E-state index < -0.39 is 11.9 Å². The largest absolute Gasteiger partial charge is 0.352 e. The van der Waals surface area contributed by atoms with Gasteiger partial charge in [-0.2, -0.15) is 0 Å². The summed E-state index contributed by atoms with van der Waals surface area (Å²) in [5, 5.41) is 5.60. The molecule has 1 aromatic carbocycles. The maximum absolute atomic E-state index is 13.6. The molecule has 1 aliphatic carbocycles. The molecule has 3 amide bonds. The summed E-state index contributed by atoms with van der Waals surface area (Å²) in [4.78, 5) is 35.8. The van der Waals surface area contributed by atoms with Crippen molar-refractivity contribution in [1.29, 1.82) is 0 Å². The third-order valence-corrected chi connectivity index (χ3v) is 5.45. The van der Waals surface area contributed by atoms with Gasteiger partial charge >= 0.3 is 6.03 Å². The molecule has 1 atom stereocenters. The van der Waals surface area contributed by atoms with Gasteiger partial charge in [0.15, 0.2) is 0 Å². The van der Waals surface area contributed by atoms with Gasteiger partial charge in [0.05, 0.1) is 0 Å². The molecule has 0 unspecified atom stereocenters. The quantitative estimate of drug-likeness (QED) is 0.824. The first-order chi connectivity index (χ1) is 14.0. The highest BCUT2D eigenvalue weighted by Crippen LogP contribution is 2.24. The van der Waals surface area contributed by atoms with Gasteiger partial charge in [0.25, 0.3) is 0 Å². The second-order valence-corrected chi connectivity index (χ2v) is 7.43. The minimum atomic E-state index is -0.849. The molecule has 152 valence electrons. The highest BCUT2D eigenvalue weighted by atomic mass is 19.1. The van der Waals surface area contributed by atoms with Crippen LogP contribution >= 0.6 is 0 Å². The van der Waals surface area contributed by atoms with Gasteiger partial charge in [0.2, 0.25) is 5.91 Å². The summed E-state index contributed by atoms with van der Waals surface area (Å²) in [5.41, 5.74) is 3.86. The molecule has 0 radical (unpaired) electrons. The van der Waals surface area contributed by atoms with Crippen molar-refractivity contribution in [3.05, 3.63) is 58.4 Å². The minimum Gasteiger partial charge on any atom is -0.352 e. The highest BCUT2D eigenvalue weighted by molar-refractivity contribution is 5.89. The van der Waals surface area contributed by atoms with Crippen molar-refractivity contribution < 1.29 is 14.0 Å². The second kappa shape index (κ2) is 8.14. The number of carbonyl (C=O) groups excluding carboxylic acids is 2. The number of hydrogen-bond acceptors (Lipinski definition) is 4. The standard InChI is InChI=1S/C21H24FN5O2/c1-13-16-6-3-7-17(16)26-18(25-13)8-9-24-21(29)27-11-10-23-20(28)19(27)14-4-2-5-15(22)12-14/h2,4-5,12,19H,3,6-11H2,1H3,(H,23,28)(H,24,29)/t19-/m0/s1. The number of halogens is 1. The number of aryl methyl sites for hydroxylation is 2. The summed E-state index contributed by atoms with van der Waals surface area (Å²) < 4.78 is 13.6. The van der Waals surface area contributed by atoms with Crippen molar-refractivity contribution in [2.45, 2.75) is 38.6 Å². The number of urea groups is 1. The van der Waals surface area contributed by atoms with Gasteiger partial charge in [-0.1, -0.05) is 12.1 Å². The fourth-order valence-corrected chi connectivity index (χ4v) is 4.07. The lowest BCUT2D eigenvalue weighted by Gasteiger charge is -2.35. The molecule has 1 aliphatic heterocycles. The van der Waals surface area contributed by atoms with Crippen LogP contribution in [0.15, 0.2) is 24.3 Å². The Balaban J connectivity index is 1.42. The number of piperazine rings is 1. The van der Waals surface area contributed by atoms with Crippen molar-refractivity contribution in [2.24, 2.45) is 0 Å². The molecule has 1 aromatic heterocycles. The van der Waals surface area contributed by atoms with Crippen molar-refractivity contribution in [3.8, 4) is 0 Å². The van der Waals surface area contributed by atoms with Crippen molar-refractivity contribution >= 4 is 11.9 Å². The molecule has 1 saturated heterocycles. The van der Waals surface area contributed by atoms with Crippen LogP contribution in [0.2, 0.25) is 0 Å². The highest BCUT2D eigenvalue weighted by Gasteiger charge is 2.34. The van der Waals surface area contributed by atoms with E-state index in [4.69, 9.17) is 0 Å². The number of carbonyl (C=O) groups is 2. The fraction of sp³-hybridized carbons (Fsp3) is 0.429. The molecular weight excluding hydrogens is 373 g/mol. The van der Waals surface area contributed by atoms with Crippen LogP contribution in [0.5, 0.6) is 0 Å². The molecule has 2 aliphatic rings. The number of rotatable bonds is 4. The van der Waals surface area contributed by atoms with Gasteiger partial charge in [-0.15, -0.1) is 0 Å². The fourth-order valence-electron chi connectivity index (χ4n) is 4.07. The Morgan fingerprint density at radius 3 is 3.03 bits per heavy atom. The first-order valence-electron chi connectivity index (χ1n) is 9.96. The van der Waals surface area contributed by atoms with Gasteiger partial charge in [-0.05, 0) is 49.4 Å². The summed E-state index contributed by atoms with van der Waals surface area (Å²) in [6.45, 7) is 3.09. The predicted molar refractivity (Wildman–Crippen MR) is 105 cm³/mol. The number of amides is 3. The van der Waals surface area contributed by atoms with E-state index in [2.05, 4.69) is 20.6 Å². The summed E-state index contributed by atoms with van der Waals surface area (Å²) in [6, 6.07) is 4.59. The number of hydrogen-bond donors (Lipinski definition) is 2. The molecule has 1 fully saturated rings. The number of fused-ring (bicyclic) bond motifs is 1. The first-order valence-corrected chi connectivity index (χ1v) is 9.96. The Bertz CT molecular complexity index is 949. The average molecular weight is 397 g/mol. The van der Waals surface area contributed by atoms with E-state index in [-0.39, 0.29) is 11.9 Å². The van der Waals surface area contributed by atoms with E-state index in [9.17, 15) is 14.0 Å². The van der Waals surface area contributed by atoms with Crippen LogP contribution in [0.3, 0.4) is 0 Å². The van der Waals surface area contributed by atoms with E-state index in [0.717, 1.165) is 36.5 Å². The lowest BCUT2D eigenvalue weighted by atomic mass is 10.0. The van der Waals surface area contributed by atoms with Gasteiger partial charge in [0, 0.05) is 37.4 Å². The van der Waals surface area contributed by atoms with E-state index in [1.165, 1.54) is 28.7 Å². The van der Waals surface area contributed by atoms with Crippen LogP contribution in [0.25, 0.3) is 0 Å². The molecule has 0 bridgehead atoms. The van der Waals surface area contributed by atoms with E-state index in [1.807, 2.05) is 6.92 Å². The Hall–Kier alpha value is -3.03. The Labute approximate surface area is 168 Å². The van der Waals surface area contributed by atoms with Crippen molar-refractivity contribution in [1.82, 2.24) is 25.5 Å². The third kappa shape index (κ3) is 4.06. The number of benzene rings is 1. The van der Waals surface area contributed by atoms with Crippen LogP contribution in [0.1, 0.15) is 40.8 Å². The molecule has 2 aromatic rings. The monoisotopic (exact) mass is 397 g/mol. The topological polar surface area (TPSA) is 87.2 Å². The second-order valence-electron chi connectivity index (χ2n) is 7.43. The summed E-state index contributed by atoms with van der Waals surface area (Å²) in [7, 11) is 0. The lowest BCUT2D eigenvalue weighted by molar-refractivity contribution is -0.127. The molecule has 4 rings (SSSR count). The molecule has 0 spiro atoms. The van der Waals surface area contributed by atoms with Crippen molar-refractivity contribution in [3.63, 3.8) is 0 Å². The minimum absolute atomic E-state index is 0.311. The number of nitrogens with zero attached hydrogens (tertiary/aromatic N) is 3. The van der Waals surface area contributed by atoms with Crippen LogP contribution in [0, 0.1) is 12.7 Å². The van der Waals surface area contributed by atoms with Crippen LogP contribution in [0.4, 0.5) is 9.18 Å². The SMILES string of the molecule is Cc1nc(CCNC(=O)N2CCNC(=O)[C@@H]2c2cccc(F)c2)nc2c1CCC2. The summed E-state index contributed by atoms with van der Waals surface area (Å²) in [5.74, 6) is -0.0264. The normalized spacial score (nSPS) is 18.3. The number of aromatic nitrogens is 2. The Morgan fingerprint density at radius 1 is 1.34 bits per heavy atom. The predicted octanol–water partition coefficient (Wildman–Crippen LogP) is 1.84.